The second-order valence-corrected chi connectivity index (χ2v) is 6.34. The second-order valence-electron chi connectivity index (χ2n) is 4.60. The zero-order valence-corrected chi connectivity index (χ0v) is 13.8. The predicted molar refractivity (Wildman–Crippen MR) is 88.5 cm³/mol. The molecule has 0 spiro atoms. The summed E-state index contributed by atoms with van der Waals surface area (Å²) in [6.07, 6.45) is 1.55. The molecule has 9 heteroatoms. The standard InChI is InChI=1S/C14H8BrN5O2S/c15-11-5-4-10(22-11)12(21)17-9-3-1-2-8(6-9)13-19-20-7-16-18-14(20)23-13/h1-7H,(H,17,21). The highest BCUT2D eigenvalue weighted by Crippen LogP contribution is 2.27. The fraction of sp³-hybridized carbons (Fsp3) is 0. The number of amides is 1. The van der Waals surface area contributed by atoms with Gasteiger partial charge < -0.3 is 9.73 Å². The highest BCUT2D eigenvalue weighted by atomic mass is 79.9. The van der Waals surface area contributed by atoms with Crippen molar-refractivity contribution < 1.29 is 9.21 Å². The van der Waals surface area contributed by atoms with Gasteiger partial charge in [-0.25, -0.2) is 0 Å². The van der Waals surface area contributed by atoms with E-state index in [1.807, 2.05) is 18.2 Å². The molecule has 0 aliphatic rings. The van der Waals surface area contributed by atoms with Gasteiger partial charge in [0, 0.05) is 11.3 Å². The number of hydrogen-bond donors (Lipinski definition) is 1. The topological polar surface area (TPSA) is 85.3 Å². The quantitative estimate of drug-likeness (QED) is 0.579. The third-order valence-corrected chi connectivity index (χ3v) is 4.44. The summed E-state index contributed by atoms with van der Waals surface area (Å²) in [5, 5.41) is 15.7. The summed E-state index contributed by atoms with van der Waals surface area (Å²) in [6.45, 7) is 0. The van der Waals surface area contributed by atoms with E-state index in [1.165, 1.54) is 11.3 Å². The molecule has 0 radical (unpaired) electrons. The van der Waals surface area contributed by atoms with Gasteiger partial charge in [-0.1, -0.05) is 23.5 Å². The molecule has 0 aliphatic carbocycles. The number of fused-ring (bicyclic) bond motifs is 1. The maximum atomic E-state index is 12.1. The molecule has 1 N–H and O–H groups in total. The van der Waals surface area contributed by atoms with Crippen molar-refractivity contribution in [2.45, 2.75) is 0 Å². The third kappa shape index (κ3) is 2.76. The van der Waals surface area contributed by atoms with Crippen molar-refractivity contribution in [1.29, 1.82) is 0 Å². The Morgan fingerprint density at radius 2 is 2.22 bits per heavy atom. The molecule has 0 unspecified atom stereocenters. The van der Waals surface area contributed by atoms with Crippen LogP contribution in [0.2, 0.25) is 0 Å². The fourth-order valence-electron chi connectivity index (χ4n) is 2.04. The van der Waals surface area contributed by atoms with E-state index < -0.39 is 0 Å². The van der Waals surface area contributed by atoms with Gasteiger partial charge in [-0.3, -0.25) is 4.79 Å². The summed E-state index contributed by atoms with van der Waals surface area (Å²) in [6, 6.07) is 10.7. The molecule has 7 nitrogen and oxygen atoms in total. The number of rotatable bonds is 3. The van der Waals surface area contributed by atoms with Gasteiger partial charge in [-0.15, -0.1) is 10.2 Å². The maximum Gasteiger partial charge on any atom is 0.291 e. The number of nitrogens with one attached hydrogen (secondary N) is 1. The van der Waals surface area contributed by atoms with E-state index in [9.17, 15) is 4.79 Å². The Morgan fingerprint density at radius 3 is 3.00 bits per heavy atom. The SMILES string of the molecule is O=C(Nc1cccc(-c2nn3cnnc3s2)c1)c1ccc(Br)o1. The summed E-state index contributed by atoms with van der Waals surface area (Å²) >= 11 is 4.60. The summed E-state index contributed by atoms with van der Waals surface area (Å²) in [7, 11) is 0. The fourth-order valence-corrected chi connectivity index (χ4v) is 3.16. The number of anilines is 1. The Morgan fingerprint density at radius 1 is 1.30 bits per heavy atom. The van der Waals surface area contributed by atoms with Crippen molar-refractivity contribution in [2.75, 3.05) is 5.32 Å². The molecule has 23 heavy (non-hydrogen) atoms. The van der Waals surface area contributed by atoms with Crippen LogP contribution in [0.15, 0.2) is 51.8 Å². The van der Waals surface area contributed by atoms with Crippen molar-refractivity contribution in [2.24, 2.45) is 0 Å². The maximum absolute atomic E-state index is 12.1. The molecular formula is C14H8BrN5O2S. The van der Waals surface area contributed by atoms with E-state index in [-0.39, 0.29) is 11.7 Å². The molecule has 0 bridgehead atoms. The van der Waals surface area contributed by atoms with Crippen LogP contribution >= 0.6 is 27.3 Å². The van der Waals surface area contributed by atoms with Gasteiger partial charge in [0.15, 0.2) is 10.4 Å². The first-order valence-electron chi connectivity index (χ1n) is 6.53. The number of hydrogen-bond acceptors (Lipinski definition) is 6. The number of nitrogens with zero attached hydrogens (tertiary/aromatic N) is 4. The molecule has 0 saturated heterocycles. The number of halogens is 1. The van der Waals surface area contributed by atoms with Gasteiger partial charge in [-0.2, -0.15) is 9.61 Å². The predicted octanol–water partition coefficient (Wildman–Crippen LogP) is 3.46. The monoisotopic (exact) mass is 389 g/mol. The van der Waals surface area contributed by atoms with Crippen molar-refractivity contribution >= 4 is 43.8 Å². The van der Waals surface area contributed by atoms with E-state index in [2.05, 4.69) is 36.5 Å². The zero-order chi connectivity index (χ0) is 15.8. The van der Waals surface area contributed by atoms with E-state index >= 15 is 0 Å². The van der Waals surface area contributed by atoms with Crippen LogP contribution < -0.4 is 5.32 Å². The van der Waals surface area contributed by atoms with Crippen LogP contribution in [0, 0.1) is 0 Å². The van der Waals surface area contributed by atoms with Crippen LogP contribution in [0.3, 0.4) is 0 Å². The molecule has 0 saturated carbocycles. The Bertz CT molecular complexity index is 977. The minimum atomic E-state index is -0.314. The lowest BCUT2D eigenvalue weighted by Crippen LogP contribution is -2.10. The first kappa shape index (κ1) is 14.1. The van der Waals surface area contributed by atoms with E-state index in [4.69, 9.17) is 4.42 Å². The number of carbonyl (C=O) groups excluding carboxylic acids is 1. The van der Waals surface area contributed by atoms with Crippen molar-refractivity contribution in [1.82, 2.24) is 19.8 Å². The van der Waals surface area contributed by atoms with Crippen LogP contribution in [0.1, 0.15) is 10.6 Å². The summed E-state index contributed by atoms with van der Waals surface area (Å²) < 4.78 is 7.36. The second kappa shape index (κ2) is 5.60. The Labute approximate surface area is 142 Å². The lowest BCUT2D eigenvalue weighted by Gasteiger charge is -2.04. The molecule has 4 aromatic rings. The molecule has 1 aromatic carbocycles. The Balaban J connectivity index is 1.61. The first-order chi connectivity index (χ1) is 11.2. The van der Waals surface area contributed by atoms with Crippen molar-refractivity contribution in [3.63, 3.8) is 0 Å². The normalized spacial score (nSPS) is 11.0. The molecular weight excluding hydrogens is 382 g/mol. The van der Waals surface area contributed by atoms with Gasteiger partial charge in [0.1, 0.15) is 11.3 Å². The van der Waals surface area contributed by atoms with Gasteiger partial charge in [-0.05, 0) is 40.2 Å². The number of aromatic nitrogens is 4. The molecule has 0 aliphatic heterocycles. The van der Waals surface area contributed by atoms with Crippen LogP contribution in [-0.2, 0) is 0 Å². The summed E-state index contributed by atoms with van der Waals surface area (Å²) in [4.78, 5) is 12.8. The minimum Gasteiger partial charge on any atom is -0.444 e. The van der Waals surface area contributed by atoms with Gasteiger partial charge in [0.2, 0.25) is 4.96 Å². The highest BCUT2D eigenvalue weighted by Gasteiger charge is 2.12. The van der Waals surface area contributed by atoms with Crippen LogP contribution in [0.4, 0.5) is 5.69 Å². The molecule has 3 heterocycles. The third-order valence-electron chi connectivity index (χ3n) is 3.05. The summed E-state index contributed by atoms with van der Waals surface area (Å²) in [5.41, 5.74) is 1.55. The zero-order valence-electron chi connectivity index (χ0n) is 11.4. The Kier molecular flexibility index (Phi) is 3.43. The number of carbonyl (C=O) groups is 1. The number of furan rings is 1. The summed E-state index contributed by atoms with van der Waals surface area (Å²) in [5.74, 6) is -0.0768. The van der Waals surface area contributed by atoms with Crippen LogP contribution in [-0.4, -0.2) is 25.7 Å². The lowest BCUT2D eigenvalue weighted by molar-refractivity contribution is 0.0995. The van der Waals surface area contributed by atoms with E-state index in [0.29, 0.717) is 10.4 Å². The smallest absolute Gasteiger partial charge is 0.291 e. The van der Waals surface area contributed by atoms with Gasteiger partial charge in [0.25, 0.3) is 5.91 Å². The van der Waals surface area contributed by atoms with Gasteiger partial charge in [0.05, 0.1) is 0 Å². The molecule has 0 fully saturated rings. The largest absolute Gasteiger partial charge is 0.444 e. The van der Waals surface area contributed by atoms with Crippen LogP contribution in [0.25, 0.3) is 15.5 Å². The van der Waals surface area contributed by atoms with Crippen molar-refractivity contribution in [3.05, 3.63) is 53.2 Å². The lowest BCUT2D eigenvalue weighted by atomic mass is 10.2. The molecule has 4 rings (SSSR count). The minimum absolute atomic E-state index is 0.237. The highest BCUT2D eigenvalue weighted by molar-refractivity contribution is 9.10. The average Bonchev–Trinajstić information content (AvgIpc) is 3.22. The van der Waals surface area contributed by atoms with Crippen molar-refractivity contribution in [3.8, 4) is 10.6 Å². The Hall–Kier alpha value is -2.52. The average molecular weight is 390 g/mol. The van der Waals surface area contributed by atoms with E-state index in [1.54, 1.807) is 29.0 Å². The molecule has 114 valence electrons. The first-order valence-corrected chi connectivity index (χ1v) is 8.14. The number of benzene rings is 1. The van der Waals surface area contributed by atoms with Gasteiger partial charge >= 0.3 is 0 Å². The molecule has 0 atom stereocenters. The molecule has 1 amide bonds. The van der Waals surface area contributed by atoms with E-state index in [0.717, 1.165) is 15.5 Å². The van der Waals surface area contributed by atoms with Crippen LogP contribution in [0.5, 0.6) is 0 Å². The molecule has 3 aromatic heterocycles.